The van der Waals surface area contributed by atoms with Crippen molar-refractivity contribution < 1.29 is 9.53 Å². The van der Waals surface area contributed by atoms with E-state index in [0.29, 0.717) is 24.9 Å². The van der Waals surface area contributed by atoms with E-state index in [1.807, 2.05) is 25.2 Å². The second-order valence-corrected chi connectivity index (χ2v) is 6.61. The summed E-state index contributed by atoms with van der Waals surface area (Å²) in [6.45, 7) is 10.3. The van der Waals surface area contributed by atoms with Crippen molar-refractivity contribution in [3.8, 4) is 5.75 Å². The molecule has 4 heteroatoms. The minimum atomic E-state index is 0.173. The quantitative estimate of drug-likeness (QED) is 0.820. The Morgan fingerprint density at radius 2 is 2.09 bits per heavy atom. The third kappa shape index (κ3) is 3.61. The Kier molecular flexibility index (Phi) is 5.46. The molecular weight excluding hydrogens is 276 g/mol. The molecule has 1 heterocycles. The Balaban J connectivity index is 2.30. The van der Waals surface area contributed by atoms with Gasteiger partial charge < -0.3 is 15.0 Å². The van der Waals surface area contributed by atoms with Gasteiger partial charge in [0.15, 0.2) is 5.78 Å². The summed E-state index contributed by atoms with van der Waals surface area (Å²) in [6, 6.07) is 6.21. The van der Waals surface area contributed by atoms with Crippen LogP contribution in [0.1, 0.15) is 44.5 Å². The minimum Gasteiger partial charge on any atom is -0.486 e. The first kappa shape index (κ1) is 16.8. The third-order valence-corrected chi connectivity index (χ3v) is 4.21. The summed E-state index contributed by atoms with van der Waals surface area (Å²) in [5, 5.41) is 3.02. The van der Waals surface area contributed by atoms with Gasteiger partial charge in [-0.25, -0.2) is 0 Å². The second kappa shape index (κ2) is 7.14. The SMILES string of the molecule is CNCCC(=O)c1ccc2c(c1)N(C(C)C)CC(C(C)C)O2. The molecule has 0 bridgehead atoms. The fourth-order valence-electron chi connectivity index (χ4n) is 2.73. The zero-order valence-corrected chi connectivity index (χ0v) is 14.3. The third-order valence-electron chi connectivity index (χ3n) is 4.21. The van der Waals surface area contributed by atoms with Crippen LogP contribution in [0.3, 0.4) is 0 Å². The molecule has 0 radical (unpaired) electrons. The number of hydrogen-bond donors (Lipinski definition) is 1. The standard InChI is InChI=1S/C18H28N2O2/c1-12(2)18-11-20(13(3)4)15-10-14(6-7-17(15)22-18)16(21)8-9-19-5/h6-7,10,12-13,18-19H,8-9,11H2,1-5H3. The highest BCUT2D eigenvalue weighted by atomic mass is 16.5. The lowest BCUT2D eigenvalue weighted by Crippen LogP contribution is -2.45. The number of Topliss-reactive ketones (excluding diaryl/α,β-unsaturated/α-hetero) is 1. The van der Waals surface area contributed by atoms with Crippen molar-refractivity contribution in [1.29, 1.82) is 0 Å². The van der Waals surface area contributed by atoms with E-state index in [-0.39, 0.29) is 11.9 Å². The van der Waals surface area contributed by atoms with Crippen molar-refractivity contribution in [2.75, 3.05) is 25.0 Å². The van der Waals surface area contributed by atoms with Crippen LogP contribution in [-0.2, 0) is 0 Å². The predicted octanol–water partition coefficient (Wildman–Crippen LogP) is 3.11. The molecule has 0 fully saturated rings. The normalized spacial score (nSPS) is 17.6. The van der Waals surface area contributed by atoms with Gasteiger partial charge in [0.2, 0.25) is 0 Å². The molecule has 1 aliphatic rings. The highest BCUT2D eigenvalue weighted by Crippen LogP contribution is 2.37. The largest absolute Gasteiger partial charge is 0.486 e. The van der Waals surface area contributed by atoms with Gasteiger partial charge in [0.05, 0.1) is 12.2 Å². The van der Waals surface area contributed by atoms with Gasteiger partial charge in [-0.1, -0.05) is 13.8 Å². The molecular formula is C18H28N2O2. The van der Waals surface area contributed by atoms with Crippen molar-refractivity contribution >= 4 is 11.5 Å². The van der Waals surface area contributed by atoms with E-state index >= 15 is 0 Å². The van der Waals surface area contributed by atoms with Gasteiger partial charge in [0.25, 0.3) is 0 Å². The van der Waals surface area contributed by atoms with Crippen LogP contribution in [-0.4, -0.2) is 38.1 Å². The summed E-state index contributed by atoms with van der Waals surface area (Å²) in [5.74, 6) is 1.53. The Hall–Kier alpha value is -1.55. The number of carbonyl (C=O) groups is 1. The van der Waals surface area contributed by atoms with E-state index in [1.165, 1.54) is 0 Å². The topological polar surface area (TPSA) is 41.6 Å². The summed E-state index contributed by atoms with van der Waals surface area (Å²) in [6.07, 6.45) is 0.715. The number of rotatable bonds is 6. The number of benzene rings is 1. The number of ketones is 1. The number of fused-ring (bicyclic) bond motifs is 1. The fourth-order valence-corrected chi connectivity index (χ4v) is 2.73. The maximum Gasteiger partial charge on any atom is 0.164 e. The van der Waals surface area contributed by atoms with Crippen molar-refractivity contribution in [2.24, 2.45) is 5.92 Å². The summed E-state index contributed by atoms with van der Waals surface area (Å²) < 4.78 is 6.12. The molecule has 0 aromatic heterocycles. The van der Waals surface area contributed by atoms with Crippen molar-refractivity contribution in [2.45, 2.75) is 46.3 Å². The molecule has 1 atom stereocenters. The molecule has 1 N–H and O–H groups in total. The molecule has 22 heavy (non-hydrogen) atoms. The number of nitrogens with one attached hydrogen (secondary N) is 1. The Morgan fingerprint density at radius 1 is 1.36 bits per heavy atom. The molecule has 0 saturated carbocycles. The maximum absolute atomic E-state index is 12.2. The van der Waals surface area contributed by atoms with Crippen molar-refractivity contribution in [1.82, 2.24) is 5.32 Å². The van der Waals surface area contributed by atoms with Crippen molar-refractivity contribution in [3.63, 3.8) is 0 Å². The average Bonchev–Trinajstić information content (AvgIpc) is 2.50. The molecule has 1 aromatic carbocycles. The first-order valence-corrected chi connectivity index (χ1v) is 8.19. The monoisotopic (exact) mass is 304 g/mol. The van der Waals surface area contributed by atoms with Crippen LogP contribution in [0, 0.1) is 5.92 Å². The van der Waals surface area contributed by atoms with E-state index in [9.17, 15) is 4.79 Å². The van der Waals surface area contributed by atoms with Crippen LogP contribution in [0.15, 0.2) is 18.2 Å². The highest BCUT2D eigenvalue weighted by molar-refractivity contribution is 5.97. The molecule has 2 rings (SSSR count). The summed E-state index contributed by atoms with van der Waals surface area (Å²) in [4.78, 5) is 14.6. The molecule has 1 aromatic rings. The van der Waals surface area contributed by atoms with Crippen LogP contribution in [0.25, 0.3) is 0 Å². The van der Waals surface area contributed by atoms with E-state index < -0.39 is 0 Å². The smallest absolute Gasteiger partial charge is 0.164 e. The molecule has 0 aliphatic carbocycles. The van der Waals surface area contributed by atoms with Gasteiger partial charge in [-0.3, -0.25) is 4.79 Å². The predicted molar refractivity (Wildman–Crippen MR) is 91.1 cm³/mol. The minimum absolute atomic E-state index is 0.173. The summed E-state index contributed by atoms with van der Waals surface area (Å²) in [7, 11) is 1.86. The molecule has 4 nitrogen and oxygen atoms in total. The number of carbonyl (C=O) groups excluding carboxylic acids is 1. The van der Waals surface area contributed by atoms with Crippen LogP contribution in [0.5, 0.6) is 5.75 Å². The van der Waals surface area contributed by atoms with Gasteiger partial charge >= 0.3 is 0 Å². The fraction of sp³-hybridized carbons (Fsp3) is 0.611. The van der Waals surface area contributed by atoms with Gasteiger partial charge in [-0.2, -0.15) is 0 Å². The lowest BCUT2D eigenvalue weighted by Gasteiger charge is -2.40. The van der Waals surface area contributed by atoms with Crippen LogP contribution >= 0.6 is 0 Å². The summed E-state index contributed by atoms with van der Waals surface area (Å²) >= 11 is 0. The number of ether oxygens (including phenoxy) is 1. The number of anilines is 1. The van der Waals surface area contributed by atoms with Gasteiger partial charge in [-0.05, 0) is 45.0 Å². The van der Waals surface area contributed by atoms with Crippen LogP contribution < -0.4 is 15.0 Å². The molecule has 0 saturated heterocycles. The van der Waals surface area contributed by atoms with Crippen molar-refractivity contribution in [3.05, 3.63) is 23.8 Å². The second-order valence-electron chi connectivity index (χ2n) is 6.61. The van der Waals surface area contributed by atoms with Crippen LogP contribution in [0.2, 0.25) is 0 Å². The van der Waals surface area contributed by atoms with Crippen LogP contribution in [0.4, 0.5) is 5.69 Å². The first-order valence-electron chi connectivity index (χ1n) is 8.19. The lowest BCUT2D eigenvalue weighted by molar-refractivity contribution is 0.0983. The van der Waals surface area contributed by atoms with Gasteiger partial charge in [-0.15, -0.1) is 0 Å². The van der Waals surface area contributed by atoms with Gasteiger partial charge in [0, 0.05) is 24.6 Å². The Morgan fingerprint density at radius 3 is 2.68 bits per heavy atom. The highest BCUT2D eigenvalue weighted by Gasteiger charge is 2.29. The zero-order chi connectivity index (χ0) is 16.3. The zero-order valence-electron chi connectivity index (χ0n) is 14.3. The summed E-state index contributed by atoms with van der Waals surface area (Å²) in [5.41, 5.74) is 1.81. The molecule has 122 valence electrons. The van der Waals surface area contributed by atoms with E-state index in [2.05, 4.69) is 37.9 Å². The molecule has 0 spiro atoms. The first-order chi connectivity index (χ1) is 10.4. The lowest BCUT2D eigenvalue weighted by atomic mass is 10.0. The Bertz CT molecular complexity index is 526. The van der Waals surface area contributed by atoms with Gasteiger partial charge in [0.1, 0.15) is 11.9 Å². The van der Waals surface area contributed by atoms with E-state index in [0.717, 1.165) is 23.5 Å². The van der Waals surface area contributed by atoms with E-state index in [4.69, 9.17) is 4.74 Å². The molecule has 0 amide bonds. The maximum atomic E-state index is 12.2. The molecule has 1 unspecified atom stereocenters. The molecule has 1 aliphatic heterocycles. The number of nitrogens with zero attached hydrogens (tertiary/aromatic N) is 1. The number of hydrogen-bond acceptors (Lipinski definition) is 4. The van der Waals surface area contributed by atoms with E-state index in [1.54, 1.807) is 0 Å². The average molecular weight is 304 g/mol. The Labute approximate surface area is 133 Å².